The SMILES string of the molecule is CCOc1ccc(C[C@@H](CNCc2ccccc2OC[C@H]2CCCO2)C(=O)OC)cc1. The van der Waals surface area contributed by atoms with E-state index in [0.29, 0.717) is 32.7 Å². The molecule has 6 nitrogen and oxygen atoms in total. The number of carbonyl (C=O) groups excluding carboxylic acids is 1. The van der Waals surface area contributed by atoms with Crippen LogP contribution in [-0.2, 0) is 27.2 Å². The molecular weight excluding hydrogens is 394 g/mol. The molecule has 1 N–H and O–H groups in total. The molecule has 1 aliphatic rings. The lowest BCUT2D eigenvalue weighted by Gasteiger charge is -2.18. The van der Waals surface area contributed by atoms with Crippen molar-refractivity contribution in [1.29, 1.82) is 0 Å². The van der Waals surface area contributed by atoms with E-state index < -0.39 is 0 Å². The second-order valence-corrected chi connectivity index (χ2v) is 7.69. The van der Waals surface area contributed by atoms with Gasteiger partial charge in [0.25, 0.3) is 0 Å². The number of rotatable bonds is 12. The molecule has 6 heteroatoms. The molecule has 0 unspecified atom stereocenters. The molecule has 0 spiro atoms. The summed E-state index contributed by atoms with van der Waals surface area (Å²) < 4.78 is 22.2. The quantitative estimate of drug-likeness (QED) is 0.520. The van der Waals surface area contributed by atoms with E-state index in [1.54, 1.807) is 0 Å². The van der Waals surface area contributed by atoms with Gasteiger partial charge in [-0.25, -0.2) is 0 Å². The summed E-state index contributed by atoms with van der Waals surface area (Å²) in [5.41, 5.74) is 2.13. The fourth-order valence-electron chi connectivity index (χ4n) is 3.71. The van der Waals surface area contributed by atoms with Crippen LogP contribution in [0.3, 0.4) is 0 Å². The van der Waals surface area contributed by atoms with Crippen molar-refractivity contribution in [2.45, 2.75) is 38.8 Å². The highest BCUT2D eigenvalue weighted by molar-refractivity contribution is 5.73. The summed E-state index contributed by atoms with van der Waals surface area (Å²) in [6, 6.07) is 15.8. The van der Waals surface area contributed by atoms with Gasteiger partial charge < -0.3 is 24.3 Å². The second-order valence-electron chi connectivity index (χ2n) is 7.69. The lowest BCUT2D eigenvalue weighted by molar-refractivity contribution is -0.145. The first-order valence-electron chi connectivity index (χ1n) is 11.0. The van der Waals surface area contributed by atoms with Gasteiger partial charge in [-0.15, -0.1) is 0 Å². The smallest absolute Gasteiger partial charge is 0.310 e. The number of hydrogen-bond acceptors (Lipinski definition) is 6. The maximum absolute atomic E-state index is 12.3. The molecule has 168 valence electrons. The van der Waals surface area contributed by atoms with Crippen molar-refractivity contribution in [1.82, 2.24) is 5.32 Å². The van der Waals surface area contributed by atoms with Crippen LogP contribution in [0.4, 0.5) is 0 Å². The number of benzene rings is 2. The summed E-state index contributed by atoms with van der Waals surface area (Å²) in [5.74, 6) is 1.19. The van der Waals surface area contributed by atoms with Crippen molar-refractivity contribution in [3.8, 4) is 11.5 Å². The van der Waals surface area contributed by atoms with E-state index in [0.717, 1.165) is 42.1 Å². The lowest BCUT2D eigenvalue weighted by Crippen LogP contribution is -2.31. The predicted octanol–water partition coefficient (Wildman–Crippen LogP) is 3.76. The average molecular weight is 428 g/mol. The van der Waals surface area contributed by atoms with Gasteiger partial charge in [-0.2, -0.15) is 0 Å². The van der Waals surface area contributed by atoms with Crippen molar-refractivity contribution in [3.05, 3.63) is 59.7 Å². The fraction of sp³-hybridized carbons (Fsp3) is 0.480. The monoisotopic (exact) mass is 427 g/mol. The van der Waals surface area contributed by atoms with Gasteiger partial charge in [0.05, 0.1) is 25.7 Å². The van der Waals surface area contributed by atoms with E-state index in [9.17, 15) is 4.79 Å². The number of esters is 1. The molecule has 0 aliphatic carbocycles. The first-order valence-corrected chi connectivity index (χ1v) is 11.0. The molecule has 1 saturated heterocycles. The molecule has 0 amide bonds. The highest BCUT2D eigenvalue weighted by atomic mass is 16.5. The number of ether oxygens (including phenoxy) is 4. The normalized spacial score (nSPS) is 16.6. The summed E-state index contributed by atoms with van der Waals surface area (Å²) >= 11 is 0. The minimum absolute atomic E-state index is 0.179. The van der Waals surface area contributed by atoms with Crippen LogP contribution in [0.5, 0.6) is 11.5 Å². The topological polar surface area (TPSA) is 66.0 Å². The molecule has 31 heavy (non-hydrogen) atoms. The summed E-state index contributed by atoms with van der Waals surface area (Å²) in [7, 11) is 1.43. The van der Waals surface area contributed by atoms with Crippen molar-refractivity contribution < 1.29 is 23.7 Å². The molecule has 1 aliphatic heterocycles. The van der Waals surface area contributed by atoms with Gasteiger partial charge in [0, 0.05) is 25.3 Å². The zero-order valence-corrected chi connectivity index (χ0v) is 18.5. The number of hydrogen-bond donors (Lipinski definition) is 1. The van der Waals surface area contributed by atoms with Crippen LogP contribution in [0.2, 0.25) is 0 Å². The fourth-order valence-corrected chi connectivity index (χ4v) is 3.71. The Bertz CT molecular complexity index is 802. The second kappa shape index (κ2) is 12.3. The van der Waals surface area contributed by atoms with Gasteiger partial charge in [0.1, 0.15) is 18.1 Å². The van der Waals surface area contributed by atoms with Crippen molar-refractivity contribution in [2.75, 3.05) is 33.5 Å². The van der Waals surface area contributed by atoms with E-state index in [1.165, 1.54) is 7.11 Å². The molecule has 0 aromatic heterocycles. The third-order valence-corrected chi connectivity index (χ3v) is 5.38. The van der Waals surface area contributed by atoms with Gasteiger partial charge >= 0.3 is 5.97 Å². The Morgan fingerprint density at radius 3 is 2.68 bits per heavy atom. The van der Waals surface area contributed by atoms with E-state index in [4.69, 9.17) is 18.9 Å². The van der Waals surface area contributed by atoms with Crippen LogP contribution in [0, 0.1) is 5.92 Å². The number of carbonyl (C=O) groups is 1. The van der Waals surface area contributed by atoms with Gasteiger partial charge in [-0.1, -0.05) is 30.3 Å². The Hall–Kier alpha value is -2.57. The summed E-state index contributed by atoms with van der Waals surface area (Å²) in [6.45, 7) is 5.10. The van der Waals surface area contributed by atoms with E-state index >= 15 is 0 Å². The Morgan fingerprint density at radius 2 is 1.97 bits per heavy atom. The molecule has 0 bridgehead atoms. The molecule has 0 radical (unpaired) electrons. The molecule has 3 rings (SSSR count). The van der Waals surface area contributed by atoms with Crippen LogP contribution in [-0.4, -0.2) is 45.5 Å². The molecular formula is C25H33NO5. The molecule has 1 heterocycles. The summed E-state index contributed by atoms with van der Waals surface area (Å²) in [5, 5.41) is 3.40. The predicted molar refractivity (Wildman–Crippen MR) is 119 cm³/mol. The first-order chi connectivity index (χ1) is 15.2. The van der Waals surface area contributed by atoms with Gasteiger partial charge in [-0.05, 0) is 49.9 Å². The Morgan fingerprint density at radius 1 is 1.16 bits per heavy atom. The van der Waals surface area contributed by atoms with E-state index in [-0.39, 0.29) is 18.0 Å². The van der Waals surface area contributed by atoms with Gasteiger partial charge in [-0.3, -0.25) is 4.79 Å². The first kappa shape index (κ1) is 23.1. The lowest BCUT2D eigenvalue weighted by atomic mass is 9.99. The number of para-hydroxylation sites is 1. The van der Waals surface area contributed by atoms with Crippen LogP contribution in [0.25, 0.3) is 0 Å². The molecule has 2 aromatic carbocycles. The minimum atomic E-state index is -0.275. The summed E-state index contributed by atoms with van der Waals surface area (Å²) in [4.78, 5) is 12.3. The average Bonchev–Trinajstić information content (AvgIpc) is 3.32. The van der Waals surface area contributed by atoms with E-state index in [2.05, 4.69) is 5.32 Å². The minimum Gasteiger partial charge on any atom is -0.494 e. The third kappa shape index (κ3) is 7.26. The van der Waals surface area contributed by atoms with Gasteiger partial charge in [0.15, 0.2) is 0 Å². The van der Waals surface area contributed by atoms with Crippen LogP contribution in [0.1, 0.15) is 30.9 Å². The number of nitrogens with one attached hydrogen (secondary N) is 1. The van der Waals surface area contributed by atoms with Crippen LogP contribution >= 0.6 is 0 Å². The zero-order chi connectivity index (χ0) is 21.9. The van der Waals surface area contributed by atoms with Crippen molar-refractivity contribution >= 4 is 5.97 Å². The maximum atomic E-state index is 12.3. The Kier molecular flexibility index (Phi) is 9.18. The van der Waals surface area contributed by atoms with Crippen LogP contribution < -0.4 is 14.8 Å². The molecule has 2 aromatic rings. The highest BCUT2D eigenvalue weighted by Crippen LogP contribution is 2.21. The maximum Gasteiger partial charge on any atom is 0.310 e. The number of methoxy groups -OCH3 is 1. The highest BCUT2D eigenvalue weighted by Gasteiger charge is 2.20. The summed E-state index contributed by atoms with van der Waals surface area (Å²) in [6.07, 6.45) is 2.93. The Labute approximate surface area is 184 Å². The zero-order valence-electron chi connectivity index (χ0n) is 18.5. The third-order valence-electron chi connectivity index (χ3n) is 5.38. The van der Waals surface area contributed by atoms with Crippen LogP contribution in [0.15, 0.2) is 48.5 Å². The standard InChI is InChI=1S/C25H33NO5/c1-3-29-22-12-10-19(11-13-22)15-21(25(27)28-2)17-26-16-20-7-4-5-9-24(20)31-18-23-8-6-14-30-23/h4-5,7,9-13,21,23,26H,3,6,8,14-18H2,1-2H3/t21-,23+/m0/s1. The molecule has 2 atom stereocenters. The Balaban J connectivity index is 1.54. The van der Waals surface area contributed by atoms with Crippen molar-refractivity contribution in [3.63, 3.8) is 0 Å². The van der Waals surface area contributed by atoms with Crippen molar-refractivity contribution in [2.24, 2.45) is 5.92 Å². The molecule has 1 fully saturated rings. The van der Waals surface area contributed by atoms with E-state index in [1.807, 2.05) is 55.5 Å². The molecule has 0 saturated carbocycles. The van der Waals surface area contributed by atoms with Gasteiger partial charge in [0.2, 0.25) is 0 Å². The largest absolute Gasteiger partial charge is 0.494 e.